The summed E-state index contributed by atoms with van der Waals surface area (Å²) in [6.45, 7) is 0.411. The molecule has 0 radical (unpaired) electrons. The molecule has 1 unspecified atom stereocenters. The third kappa shape index (κ3) is 5.75. The zero-order valence-electron chi connectivity index (χ0n) is 24.1. The van der Waals surface area contributed by atoms with Gasteiger partial charge in [-0.25, -0.2) is 14.4 Å². The van der Waals surface area contributed by atoms with E-state index in [4.69, 9.17) is 14.0 Å². The Morgan fingerprint density at radius 2 is 1.71 bits per heavy atom. The van der Waals surface area contributed by atoms with Crippen LogP contribution < -0.4 is 11.2 Å². The van der Waals surface area contributed by atoms with E-state index in [1.807, 2.05) is 48.5 Å². The van der Waals surface area contributed by atoms with Crippen LogP contribution in [0.5, 0.6) is 0 Å². The van der Waals surface area contributed by atoms with E-state index in [-0.39, 0.29) is 30.9 Å². The molecule has 15 heteroatoms. The summed E-state index contributed by atoms with van der Waals surface area (Å²) in [5, 5.41) is 19.7. The zero-order valence-corrected chi connectivity index (χ0v) is 25.0. The molecule has 0 spiro atoms. The van der Waals surface area contributed by atoms with Crippen LogP contribution in [0.2, 0.25) is 0 Å². The van der Waals surface area contributed by atoms with E-state index in [9.17, 15) is 38.8 Å². The molecule has 45 heavy (non-hydrogen) atoms. The van der Waals surface area contributed by atoms with Crippen LogP contribution >= 0.6 is 7.60 Å². The van der Waals surface area contributed by atoms with Gasteiger partial charge in [-0.1, -0.05) is 48.5 Å². The lowest BCUT2D eigenvalue weighted by Crippen LogP contribution is -2.41. The fourth-order valence-corrected chi connectivity index (χ4v) is 8.02. The lowest BCUT2D eigenvalue weighted by atomic mass is 9.98. The molecular formula is C30H32N3O11P. The molecule has 238 valence electrons. The third-order valence-corrected chi connectivity index (χ3v) is 10.6. The Morgan fingerprint density at radius 3 is 2.33 bits per heavy atom. The SMILES string of the molecule is Cc1cn([C@H]2C[C@H](OP(=O)(O)[C@H]3C[C@H](C(=O)O)N(C(=O)OCC4c5ccccc5-c5ccccc54)C3)[C@@H](CO)O2)c(=O)[nH]c1=O. The average Bonchev–Trinajstić information content (AvgIpc) is 3.72. The van der Waals surface area contributed by atoms with E-state index in [0.717, 1.165) is 31.7 Å². The molecule has 1 amide bonds. The molecule has 0 bridgehead atoms. The number of nitrogens with one attached hydrogen (secondary N) is 1. The normalized spacial score (nSPS) is 25.5. The van der Waals surface area contributed by atoms with Crippen LogP contribution in [0.25, 0.3) is 11.1 Å². The molecule has 1 aliphatic carbocycles. The van der Waals surface area contributed by atoms with Gasteiger partial charge in [0.05, 0.1) is 18.4 Å². The number of carboxylic acids is 1. The van der Waals surface area contributed by atoms with E-state index < -0.39 is 74.2 Å². The number of carboxylic acid groups (broad SMARTS) is 1. The number of fused-ring (bicyclic) bond motifs is 3. The van der Waals surface area contributed by atoms with Crippen LogP contribution in [0.4, 0.5) is 4.79 Å². The Labute approximate surface area is 256 Å². The molecule has 2 aromatic carbocycles. The number of benzene rings is 2. The van der Waals surface area contributed by atoms with Crippen LogP contribution in [0.15, 0.2) is 64.3 Å². The van der Waals surface area contributed by atoms with E-state index in [1.165, 1.54) is 13.1 Å². The van der Waals surface area contributed by atoms with Crippen LogP contribution in [-0.4, -0.2) is 85.3 Å². The lowest BCUT2D eigenvalue weighted by molar-refractivity contribution is -0.141. The van der Waals surface area contributed by atoms with Gasteiger partial charge in [0.15, 0.2) is 0 Å². The number of carbonyl (C=O) groups excluding carboxylic acids is 1. The van der Waals surface area contributed by atoms with E-state index in [0.29, 0.717) is 0 Å². The Balaban J connectivity index is 1.15. The maximum atomic E-state index is 13.5. The molecule has 3 aliphatic rings. The van der Waals surface area contributed by atoms with Crippen LogP contribution in [0.1, 0.15) is 41.7 Å². The predicted molar refractivity (Wildman–Crippen MR) is 158 cm³/mol. The minimum absolute atomic E-state index is 0.0593. The van der Waals surface area contributed by atoms with Gasteiger partial charge in [0.25, 0.3) is 5.56 Å². The van der Waals surface area contributed by atoms with Gasteiger partial charge in [0.2, 0.25) is 0 Å². The molecule has 3 aromatic rings. The highest BCUT2D eigenvalue weighted by molar-refractivity contribution is 7.53. The van der Waals surface area contributed by atoms with Crippen molar-refractivity contribution in [3.8, 4) is 11.1 Å². The van der Waals surface area contributed by atoms with Crippen molar-refractivity contribution >= 4 is 19.7 Å². The summed E-state index contributed by atoms with van der Waals surface area (Å²) in [4.78, 5) is 63.6. The molecule has 4 N–H and O–H groups in total. The summed E-state index contributed by atoms with van der Waals surface area (Å²) >= 11 is 0. The van der Waals surface area contributed by atoms with Gasteiger partial charge >= 0.3 is 25.3 Å². The van der Waals surface area contributed by atoms with E-state index in [2.05, 4.69) is 4.98 Å². The molecule has 1 aromatic heterocycles. The molecule has 6 atom stereocenters. The summed E-state index contributed by atoms with van der Waals surface area (Å²) in [6, 6.07) is 14.1. The van der Waals surface area contributed by atoms with Crippen molar-refractivity contribution in [3.05, 3.63) is 92.3 Å². The first-order chi connectivity index (χ1) is 21.5. The number of aromatic nitrogens is 2. The molecular weight excluding hydrogens is 609 g/mol. The van der Waals surface area contributed by atoms with E-state index in [1.54, 1.807) is 0 Å². The molecule has 0 saturated carbocycles. The number of rotatable bonds is 8. The number of nitrogens with zero attached hydrogens (tertiary/aromatic N) is 2. The second-order valence-electron chi connectivity index (χ2n) is 11.4. The number of likely N-dealkylation sites (tertiary alicyclic amines) is 1. The minimum atomic E-state index is -4.62. The highest BCUT2D eigenvalue weighted by atomic mass is 31.2. The van der Waals surface area contributed by atoms with Gasteiger partial charge in [-0.15, -0.1) is 0 Å². The first-order valence-corrected chi connectivity index (χ1v) is 16.1. The average molecular weight is 642 g/mol. The second-order valence-corrected chi connectivity index (χ2v) is 13.5. The van der Waals surface area contributed by atoms with Crippen molar-refractivity contribution < 1.29 is 43.3 Å². The Hall–Kier alpha value is -4.07. The number of hydrogen-bond acceptors (Lipinski definition) is 9. The Kier molecular flexibility index (Phi) is 8.27. The number of aliphatic hydroxyl groups is 1. The molecule has 3 heterocycles. The highest BCUT2D eigenvalue weighted by Crippen LogP contribution is 2.55. The molecule has 2 aliphatic heterocycles. The number of aryl methyl sites for hydroxylation is 1. The fraction of sp³-hybridized carbons (Fsp3) is 0.400. The maximum absolute atomic E-state index is 13.5. The molecule has 2 fully saturated rings. The van der Waals surface area contributed by atoms with Crippen LogP contribution in [0, 0.1) is 6.92 Å². The Morgan fingerprint density at radius 1 is 1.07 bits per heavy atom. The maximum Gasteiger partial charge on any atom is 0.410 e. The number of amides is 1. The Bertz CT molecular complexity index is 1760. The van der Waals surface area contributed by atoms with Crippen molar-refractivity contribution in [1.82, 2.24) is 14.5 Å². The largest absolute Gasteiger partial charge is 0.480 e. The molecule has 6 rings (SSSR count). The zero-order chi connectivity index (χ0) is 32.0. The topological polar surface area (TPSA) is 198 Å². The summed E-state index contributed by atoms with van der Waals surface area (Å²) < 4.78 is 31.5. The number of aliphatic carboxylic acids is 1. The number of ether oxygens (including phenoxy) is 2. The highest BCUT2D eigenvalue weighted by Gasteiger charge is 2.51. The fourth-order valence-electron chi connectivity index (χ4n) is 6.39. The van der Waals surface area contributed by atoms with Crippen molar-refractivity contribution in [3.63, 3.8) is 0 Å². The standard InChI is InChI=1S/C30H32N3O11P/c1-16-12-33(29(38)31-27(16)35)26-11-24(25(14-34)43-26)44-45(40,41)17-10-23(28(36)37)32(13-17)30(39)42-15-22-20-8-4-2-6-18(20)19-7-3-5-9-21(19)22/h2-9,12,17,22-26,34H,10-11,13-15H2,1H3,(H,36,37)(H,40,41)(H,31,35,38)/t17-,23+,24-,25+,26+/m0/s1. The van der Waals surface area contributed by atoms with Gasteiger partial charge in [-0.05, 0) is 35.6 Å². The number of aromatic amines is 1. The summed E-state index contributed by atoms with van der Waals surface area (Å²) in [5.74, 6) is -1.63. The van der Waals surface area contributed by atoms with Crippen molar-refractivity contribution in [2.45, 2.75) is 55.8 Å². The van der Waals surface area contributed by atoms with Gasteiger partial charge < -0.3 is 29.1 Å². The quantitative estimate of drug-likeness (QED) is 0.263. The minimum Gasteiger partial charge on any atom is -0.480 e. The number of carbonyl (C=O) groups is 2. The number of H-pyrrole nitrogens is 1. The monoisotopic (exact) mass is 641 g/mol. The van der Waals surface area contributed by atoms with Gasteiger partial charge in [0, 0.05) is 30.6 Å². The number of aliphatic hydroxyl groups excluding tert-OH is 1. The molecule has 2 saturated heterocycles. The van der Waals surface area contributed by atoms with Gasteiger partial charge in [0.1, 0.15) is 25.0 Å². The summed E-state index contributed by atoms with van der Waals surface area (Å²) in [6.07, 6.45) is -3.40. The van der Waals surface area contributed by atoms with Gasteiger partial charge in [-0.3, -0.25) is 23.8 Å². The lowest BCUT2D eigenvalue weighted by Gasteiger charge is -2.24. The van der Waals surface area contributed by atoms with Crippen molar-refractivity contribution in [2.24, 2.45) is 0 Å². The van der Waals surface area contributed by atoms with Crippen LogP contribution in [-0.2, 0) is 23.4 Å². The second kappa shape index (κ2) is 12.0. The van der Waals surface area contributed by atoms with E-state index >= 15 is 0 Å². The first kappa shape index (κ1) is 30.9. The summed E-state index contributed by atoms with van der Waals surface area (Å²) in [5.41, 5.74) is 1.63. The van der Waals surface area contributed by atoms with Crippen molar-refractivity contribution in [1.29, 1.82) is 0 Å². The smallest absolute Gasteiger partial charge is 0.410 e. The molecule has 14 nitrogen and oxygen atoms in total. The number of hydrogen-bond donors (Lipinski definition) is 4. The third-order valence-electron chi connectivity index (χ3n) is 8.70. The first-order valence-electron chi connectivity index (χ1n) is 14.4. The van der Waals surface area contributed by atoms with Crippen molar-refractivity contribution in [2.75, 3.05) is 19.8 Å². The summed E-state index contributed by atoms with van der Waals surface area (Å²) in [7, 11) is -4.62. The van der Waals surface area contributed by atoms with Gasteiger partial charge in [-0.2, -0.15) is 0 Å². The predicted octanol–water partition coefficient (Wildman–Crippen LogP) is 2.17. The van der Waals surface area contributed by atoms with Crippen LogP contribution in [0.3, 0.4) is 0 Å².